The third-order valence-corrected chi connectivity index (χ3v) is 3.15. The number of carbonyl (C=O) groups excluding carboxylic acids is 1. The lowest BCUT2D eigenvalue weighted by Crippen LogP contribution is -2.25. The normalized spacial score (nSPS) is 11.0. The van der Waals surface area contributed by atoms with E-state index in [4.69, 9.17) is 14.3 Å². The molecular formula is C15H26N2O4. The van der Waals surface area contributed by atoms with E-state index in [2.05, 4.69) is 24.1 Å². The average Bonchev–Trinajstić information content (AvgIpc) is 2.96. The van der Waals surface area contributed by atoms with Crippen LogP contribution in [-0.4, -0.2) is 55.4 Å². The average molecular weight is 298 g/mol. The SMILES string of the molecule is CCN(CC)Cc1ccc(C(=O)NCCCOCCO)o1. The zero-order valence-electron chi connectivity index (χ0n) is 12.9. The minimum atomic E-state index is -0.206. The molecule has 0 spiro atoms. The number of hydrogen-bond donors (Lipinski definition) is 2. The highest BCUT2D eigenvalue weighted by atomic mass is 16.5. The molecule has 0 fully saturated rings. The number of aliphatic hydroxyl groups is 1. The molecule has 0 unspecified atom stereocenters. The van der Waals surface area contributed by atoms with Crippen molar-refractivity contribution in [3.05, 3.63) is 23.7 Å². The van der Waals surface area contributed by atoms with Gasteiger partial charge in [0.25, 0.3) is 5.91 Å². The highest BCUT2D eigenvalue weighted by Gasteiger charge is 2.11. The van der Waals surface area contributed by atoms with Gasteiger partial charge in [-0.2, -0.15) is 0 Å². The molecule has 0 saturated heterocycles. The number of nitrogens with zero attached hydrogens (tertiary/aromatic N) is 1. The van der Waals surface area contributed by atoms with Crippen LogP contribution in [0, 0.1) is 0 Å². The van der Waals surface area contributed by atoms with Gasteiger partial charge in [0.2, 0.25) is 0 Å². The van der Waals surface area contributed by atoms with Gasteiger partial charge in [0.05, 0.1) is 19.8 Å². The minimum absolute atomic E-state index is 0.0219. The standard InChI is InChI=1S/C15H26N2O4/c1-3-17(4-2)12-13-6-7-14(21-13)15(19)16-8-5-10-20-11-9-18/h6-7,18H,3-5,8-12H2,1-2H3,(H,16,19). The van der Waals surface area contributed by atoms with Crippen LogP contribution in [-0.2, 0) is 11.3 Å². The summed E-state index contributed by atoms with van der Waals surface area (Å²) in [5, 5.41) is 11.3. The quantitative estimate of drug-likeness (QED) is 0.601. The van der Waals surface area contributed by atoms with E-state index in [1.165, 1.54) is 0 Å². The molecule has 1 rings (SSSR count). The molecule has 0 atom stereocenters. The Morgan fingerprint density at radius 1 is 1.33 bits per heavy atom. The largest absolute Gasteiger partial charge is 0.455 e. The first-order valence-electron chi connectivity index (χ1n) is 7.49. The van der Waals surface area contributed by atoms with Crippen molar-refractivity contribution in [3.8, 4) is 0 Å². The lowest BCUT2D eigenvalue weighted by atomic mass is 10.3. The minimum Gasteiger partial charge on any atom is -0.455 e. The highest BCUT2D eigenvalue weighted by Crippen LogP contribution is 2.10. The van der Waals surface area contributed by atoms with Crippen molar-refractivity contribution in [1.82, 2.24) is 10.2 Å². The number of carbonyl (C=O) groups is 1. The second kappa shape index (κ2) is 10.4. The van der Waals surface area contributed by atoms with Gasteiger partial charge >= 0.3 is 0 Å². The predicted molar refractivity (Wildman–Crippen MR) is 80.2 cm³/mol. The fourth-order valence-electron chi connectivity index (χ4n) is 1.88. The topological polar surface area (TPSA) is 74.9 Å². The van der Waals surface area contributed by atoms with Crippen molar-refractivity contribution in [1.29, 1.82) is 0 Å². The van der Waals surface area contributed by atoms with Crippen molar-refractivity contribution in [3.63, 3.8) is 0 Å². The number of furan rings is 1. The van der Waals surface area contributed by atoms with Crippen LogP contribution >= 0.6 is 0 Å². The number of ether oxygens (including phenoxy) is 1. The van der Waals surface area contributed by atoms with Crippen LogP contribution < -0.4 is 5.32 Å². The van der Waals surface area contributed by atoms with E-state index < -0.39 is 0 Å². The molecule has 6 heteroatoms. The molecule has 0 aliphatic rings. The summed E-state index contributed by atoms with van der Waals surface area (Å²) in [6, 6.07) is 3.55. The molecule has 0 radical (unpaired) electrons. The zero-order valence-corrected chi connectivity index (χ0v) is 12.9. The van der Waals surface area contributed by atoms with Crippen molar-refractivity contribution < 1.29 is 19.1 Å². The Morgan fingerprint density at radius 3 is 2.76 bits per heavy atom. The van der Waals surface area contributed by atoms with E-state index in [1.54, 1.807) is 6.07 Å². The molecule has 2 N–H and O–H groups in total. The molecule has 1 heterocycles. The van der Waals surface area contributed by atoms with Gasteiger partial charge in [-0.1, -0.05) is 13.8 Å². The van der Waals surface area contributed by atoms with Crippen molar-refractivity contribution in [2.75, 3.05) is 39.5 Å². The summed E-state index contributed by atoms with van der Waals surface area (Å²) in [5.74, 6) is 0.937. The van der Waals surface area contributed by atoms with Crippen LogP contribution in [0.15, 0.2) is 16.5 Å². The van der Waals surface area contributed by atoms with Crippen LogP contribution in [0.4, 0.5) is 0 Å². The van der Waals surface area contributed by atoms with E-state index in [9.17, 15) is 4.79 Å². The third kappa shape index (κ3) is 6.75. The van der Waals surface area contributed by atoms with Gasteiger partial charge in [-0.3, -0.25) is 9.69 Å². The maximum absolute atomic E-state index is 11.9. The number of nitrogens with one attached hydrogen (secondary N) is 1. The Morgan fingerprint density at radius 2 is 2.10 bits per heavy atom. The summed E-state index contributed by atoms with van der Waals surface area (Å²) < 4.78 is 10.7. The number of hydrogen-bond acceptors (Lipinski definition) is 5. The van der Waals surface area contributed by atoms with Crippen LogP contribution in [0.3, 0.4) is 0 Å². The van der Waals surface area contributed by atoms with Gasteiger partial charge in [-0.05, 0) is 31.6 Å². The van der Waals surface area contributed by atoms with E-state index in [1.807, 2.05) is 6.07 Å². The molecular weight excluding hydrogens is 272 g/mol. The first-order valence-corrected chi connectivity index (χ1v) is 7.49. The molecule has 0 aliphatic heterocycles. The Hall–Kier alpha value is -1.37. The highest BCUT2D eigenvalue weighted by molar-refractivity contribution is 5.91. The molecule has 21 heavy (non-hydrogen) atoms. The van der Waals surface area contributed by atoms with Gasteiger partial charge in [-0.15, -0.1) is 0 Å². The summed E-state index contributed by atoms with van der Waals surface area (Å²) in [4.78, 5) is 14.1. The lowest BCUT2D eigenvalue weighted by Gasteiger charge is -2.15. The lowest BCUT2D eigenvalue weighted by molar-refractivity contribution is 0.0854. The van der Waals surface area contributed by atoms with Gasteiger partial charge < -0.3 is 19.6 Å². The summed E-state index contributed by atoms with van der Waals surface area (Å²) in [7, 11) is 0. The number of aliphatic hydroxyl groups excluding tert-OH is 1. The van der Waals surface area contributed by atoms with Gasteiger partial charge in [0, 0.05) is 13.2 Å². The first kappa shape index (κ1) is 17.7. The molecule has 1 amide bonds. The van der Waals surface area contributed by atoms with Crippen molar-refractivity contribution in [2.24, 2.45) is 0 Å². The van der Waals surface area contributed by atoms with Crippen LogP contribution in [0.2, 0.25) is 0 Å². The van der Waals surface area contributed by atoms with Gasteiger partial charge in [0.15, 0.2) is 5.76 Å². The van der Waals surface area contributed by atoms with E-state index in [0.29, 0.717) is 31.9 Å². The van der Waals surface area contributed by atoms with Crippen LogP contribution in [0.1, 0.15) is 36.6 Å². The smallest absolute Gasteiger partial charge is 0.286 e. The van der Waals surface area contributed by atoms with E-state index in [-0.39, 0.29) is 12.5 Å². The van der Waals surface area contributed by atoms with E-state index >= 15 is 0 Å². The maximum atomic E-state index is 11.9. The Bertz CT molecular complexity index is 402. The first-order chi connectivity index (χ1) is 10.2. The third-order valence-electron chi connectivity index (χ3n) is 3.15. The summed E-state index contributed by atoms with van der Waals surface area (Å²) in [6.45, 7) is 8.21. The second-order valence-corrected chi connectivity index (χ2v) is 4.67. The molecule has 0 aromatic carbocycles. The van der Waals surface area contributed by atoms with Crippen molar-refractivity contribution in [2.45, 2.75) is 26.8 Å². The fourth-order valence-corrected chi connectivity index (χ4v) is 1.88. The second-order valence-electron chi connectivity index (χ2n) is 4.67. The molecule has 6 nitrogen and oxygen atoms in total. The summed E-state index contributed by atoms with van der Waals surface area (Å²) in [5.41, 5.74) is 0. The molecule has 1 aromatic heterocycles. The molecule has 0 saturated carbocycles. The molecule has 0 aliphatic carbocycles. The van der Waals surface area contributed by atoms with Gasteiger partial charge in [0.1, 0.15) is 5.76 Å². The Kier molecular flexibility index (Phi) is 8.73. The zero-order chi connectivity index (χ0) is 15.5. The molecule has 120 valence electrons. The Labute approximate surface area is 126 Å². The van der Waals surface area contributed by atoms with Crippen molar-refractivity contribution >= 4 is 5.91 Å². The monoisotopic (exact) mass is 298 g/mol. The summed E-state index contributed by atoms with van der Waals surface area (Å²) >= 11 is 0. The maximum Gasteiger partial charge on any atom is 0.286 e. The molecule has 1 aromatic rings. The predicted octanol–water partition coefficient (Wildman–Crippen LogP) is 1.25. The van der Waals surface area contributed by atoms with E-state index in [0.717, 1.165) is 25.4 Å². The number of amides is 1. The number of rotatable bonds is 11. The molecule has 0 bridgehead atoms. The van der Waals surface area contributed by atoms with Gasteiger partial charge in [-0.25, -0.2) is 0 Å². The van der Waals surface area contributed by atoms with Crippen LogP contribution in [0.25, 0.3) is 0 Å². The Balaban J connectivity index is 2.30. The van der Waals surface area contributed by atoms with Crippen LogP contribution in [0.5, 0.6) is 0 Å². The fraction of sp³-hybridized carbons (Fsp3) is 0.667. The summed E-state index contributed by atoms with van der Waals surface area (Å²) in [6.07, 6.45) is 0.707.